The second kappa shape index (κ2) is 10.5. The highest BCUT2D eigenvalue weighted by Crippen LogP contribution is 2.36. The van der Waals surface area contributed by atoms with E-state index in [0.29, 0.717) is 16.8 Å². The van der Waals surface area contributed by atoms with Crippen molar-refractivity contribution in [1.82, 2.24) is 5.32 Å². The number of amides is 1. The van der Waals surface area contributed by atoms with Crippen LogP contribution in [0.15, 0.2) is 84.9 Å². The molecule has 4 aromatic rings. The molecule has 2 N–H and O–H groups in total. The fourth-order valence-corrected chi connectivity index (χ4v) is 4.56. The summed E-state index contributed by atoms with van der Waals surface area (Å²) in [5.74, 6) is -0.490. The Morgan fingerprint density at radius 2 is 1.65 bits per heavy atom. The van der Waals surface area contributed by atoms with E-state index in [1.54, 1.807) is 12.1 Å². The van der Waals surface area contributed by atoms with Crippen molar-refractivity contribution in [2.24, 2.45) is 0 Å². The van der Waals surface area contributed by atoms with E-state index in [9.17, 15) is 18.0 Å². The van der Waals surface area contributed by atoms with E-state index in [4.69, 9.17) is 4.74 Å². The third-order valence-corrected chi connectivity index (χ3v) is 6.39. The second-order valence-electron chi connectivity index (χ2n) is 8.85. The topological polar surface area (TPSA) is 53.6 Å². The number of ether oxygens (including phenoxy) is 1. The van der Waals surface area contributed by atoms with Crippen LogP contribution in [-0.2, 0) is 12.8 Å². The van der Waals surface area contributed by atoms with Crippen LogP contribution in [0.25, 0.3) is 10.8 Å². The van der Waals surface area contributed by atoms with Gasteiger partial charge in [0.1, 0.15) is 12.4 Å². The number of fused-ring (bicyclic) bond motifs is 1. The zero-order chi connectivity index (χ0) is 25.8. The van der Waals surface area contributed by atoms with Gasteiger partial charge in [0.2, 0.25) is 0 Å². The van der Waals surface area contributed by atoms with Gasteiger partial charge >= 0.3 is 6.18 Å². The summed E-state index contributed by atoms with van der Waals surface area (Å²) in [6, 6.07) is 23.9. The van der Waals surface area contributed by atoms with Crippen LogP contribution in [0.4, 0.5) is 24.5 Å². The highest BCUT2D eigenvalue weighted by atomic mass is 19.4. The number of piperazine rings is 1. The summed E-state index contributed by atoms with van der Waals surface area (Å²) in [5, 5.41) is 8.17. The van der Waals surface area contributed by atoms with Crippen LogP contribution in [0.2, 0.25) is 0 Å². The molecule has 1 aliphatic heterocycles. The van der Waals surface area contributed by atoms with Gasteiger partial charge in [0.25, 0.3) is 5.91 Å². The van der Waals surface area contributed by atoms with Gasteiger partial charge in [0, 0.05) is 31.7 Å². The van der Waals surface area contributed by atoms with Gasteiger partial charge in [-0.05, 0) is 46.7 Å². The standard InChI is InChI=1S/C29H26F3N3O2/c30-29(31,32)24-10-3-4-11-27(24)37-19-20-12-13-26(35-16-14-33-15-17-35)25(18-20)34-28(36)23-9-5-7-21-6-1-2-8-22(21)23/h1-13,18,33H,14-17,19H2,(H,34,36). The first-order valence-corrected chi connectivity index (χ1v) is 12.1. The minimum absolute atomic E-state index is 0.0773. The lowest BCUT2D eigenvalue weighted by Crippen LogP contribution is -2.43. The van der Waals surface area contributed by atoms with Crippen LogP contribution < -0.4 is 20.3 Å². The van der Waals surface area contributed by atoms with Crippen LogP contribution >= 0.6 is 0 Å². The van der Waals surface area contributed by atoms with Crippen molar-refractivity contribution < 1.29 is 22.7 Å². The predicted molar refractivity (Wildman–Crippen MR) is 139 cm³/mol. The summed E-state index contributed by atoms with van der Waals surface area (Å²) >= 11 is 0. The van der Waals surface area contributed by atoms with Crippen molar-refractivity contribution in [3.63, 3.8) is 0 Å². The largest absolute Gasteiger partial charge is 0.488 e. The summed E-state index contributed by atoms with van der Waals surface area (Å²) in [4.78, 5) is 15.6. The minimum Gasteiger partial charge on any atom is -0.488 e. The van der Waals surface area contributed by atoms with Gasteiger partial charge in [0.05, 0.1) is 16.9 Å². The van der Waals surface area contributed by atoms with E-state index in [-0.39, 0.29) is 18.3 Å². The summed E-state index contributed by atoms with van der Waals surface area (Å²) < 4.78 is 45.7. The average Bonchev–Trinajstić information content (AvgIpc) is 2.92. The molecule has 190 valence electrons. The van der Waals surface area contributed by atoms with Crippen LogP contribution in [0.1, 0.15) is 21.5 Å². The number of para-hydroxylation sites is 1. The molecule has 0 aliphatic carbocycles. The predicted octanol–water partition coefficient (Wildman–Crippen LogP) is 6.10. The van der Waals surface area contributed by atoms with E-state index >= 15 is 0 Å². The Morgan fingerprint density at radius 1 is 0.919 bits per heavy atom. The second-order valence-corrected chi connectivity index (χ2v) is 8.85. The molecule has 0 atom stereocenters. The molecule has 8 heteroatoms. The maximum Gasteiger partial charge on any atom is 0.419 e. The van der Waals surface area contributed by atoms with Crippen molar-refractivity contribution in [3.05, 3.63) is 102 Å². The van der Waals surface area contributed by atoms with Crippen LogP contribution in [-0.4, -0.2) is 32.1 Å². The van der Waals surface area contributed by atoms with Gasteiger partial charge in [-0.15, -0.1) is 0 Å². The van der Waals surface area contributed by atoms with E-state index in [1.165, 1.54) is 18.2 Å². The van der Waals surface area contributed by atoms with E-state index in [2.05, 4.69) is 15.5 Å². The quantitative estimate of drug-likeness (QED) is 0.333. The van der Waals surface area contributed by atoms with Gasteiger partial charge in [-0.2, -0.15) is 13.2 Å². The summed E-state index contributed by atoms with van der Waals surface area (Å²) in [5.41, 5.74) is 1.81. The average molecular weight is 506 g/mol. The maximum atomic E-state index is 13.4. The Kier molecular flexibility index (Phi) is 7.01. The molecule has 5 rings (SSSR count). The molecular weight excluding hydrogens is 479 g/mol. The van der Waals surface area contributed by atoms with Gasteiger partial charge in [-0.25, -0.2) is 0 Å². The number of hydrogen-bond acceptors (Lipinski definition) is 4. The molecular formula is C29H26F3N3O2. The van der Waals surface area contributed by atoms with Crippen LogP contribution in [0.3, 0.4) is 0 Å². The molecule has 0 radical (unpaired) electrons. The number of nitrogens with zero attached hydrogens (tertiary/aromatic N) is 1. The monoisotopic (exact) mass is 505 g/mol. The summed E-state index contributed by atoms with van der Waals surface area (Å²) in [6.07, 6.45) is -4.51. The zero-order valence-corrected chi connectivity index (χ0v) is 20.0. The van der Waals surface area contributed by atoms with Crippen molar-refractivity contribution in [2.45, 2.75) is 12.8 Å². The third-order valence-electron chi connectivity index (χ3n) is 6.39. The summed E-state index contributed by atoms with van der Waals surface area (Å²) in [7, 11) is 0. The first kappa shape index (κ1) is 24.6. The highest BCUT2D eigenvalue weighted by molar-refractivity contribution is 6.13. The van der Waals surface area contributed by atoms with E-state index in [1.807, 2.05) is 48.5 Å². The van der Waals surface area contributed by atoms with Crippen molar-refractivity contribution >= 4 is 28.1 Å². The SMILES string of the molecule is O=C(Nc1cc(COc2ccccc2C(F)(F)F)ccc1N1CCNCC1)c1cccc2ccccc12. The summed E-state index contributed by atoms with van der Waals surface area (Å²) in [6.45, 7) is 3.09. The van der Waals surface area contributed by atoms with Crippen LogP contribution in [0, 0.1) is 0 Å². The number of halogens is 3. The minimum atomic E-state index is -4.51. The number of benzene rings is 4. The fourth-order valence-electron chi connectivity index (χ4n) is 4.56. The number of nitrogens with one attached hydrogen (secondary N) is 2. The van der Waals surface area contributed by atoms with Gasteiger partial charge in [-0.3, -0.25) is 4.79 Å². The third kappa shape index (κ3) is 5.54. The van der Waals surface area contributed by atoms with Gasteiger partial charge < -0.3 is 20.3 Å². The molecule has 1 amide bonds. The molecule has 1 aliphatic rings. The Bertz CT molecular complexity index is 1410. The zero-order valence-electron chi connectivity index (χ0n) is 20.0. The number of rotatable bonds is 6. The Morgan fingerprint density at radius 3 is 2.46 bits per heavy atom. The first-order chi connectivity index (χ1) is 17.9. The lowest BCUT2D eigenvalue weighted by molar-refractivity contribution is -0.139. The first-order valence-electron chi connectivity index (χ1n) is 12.1. The molecule has 0 spiro atoms. The maximum absolute atomic E-state index is 13.4. The van der Waals surface area contributed by atoms with E-state index in [0.717, 1.165) is 48.7 Å². The number of carbonyl (C=O) groups excluding carboxylic acids is 1. The molecule has 0 aromatic heterocycles. The van der Waals surface area contributed by atoms with Crippen LogP contribution in [0.5, 0.6) is 5.75 Å². The Balaban J connectivity index is 1.44. The molecule has 1 fully saturated rings. The molecule has 0 saturated carbocycles. The molecule has 1 saturated heterocycles. The molecule has 4 aromatic carbocycles. The number of hydrogen-bond donors (Lipinski definition) is 2. The molecule has 5 nitrogen and oxygen atoms in total. The molecule has 0 bridgehead atoms. The van der Waals surface area contributed by atoms with Crippen molar-refractivity contribution in [1.29, 1.82) is 0 Å². The number of anilines is 2. The Hall–Kier alpha value is -4.04. The lowest BCUT2D eigenvalue weighted by Gasteiger charge is -2.31. The molecule has 1 heterocycles. The van der Waals surface area contributed by atoms with Crippen molar-refractivity contribution in [2.75, 3.05) is 36.4 Å². The molecule has 37 heavy (non-hydrogen) atoms. The number of carbonyl (C=O) groups is 1. The number of alkyl halides is 3. The highest BCUT2D eigenvalue weighted by Gasteiger charge is 2.34. The molecule has 0 unspecified atom stereocenters. The van der Waals surface area contributed by atoms with Gasteiger partial charge in [-0.1, -0.05) is 54.6 Å². The van der Waals surface area contributed by atoms with E-state index < -0.39 is 11.7 Å². The Labute approximate surface area is 212 Å². The fraction of sp³-hybridized carbons (Fsp3) is 0.207. The normalized spacial score (nSPS) is 14.0. The smallest absolute Gasteiger partial charge is 0.419 e. The lowest BCUT2D eigenvalue weighted by atomic mass is 10.0. The van der Waals surface area contributed by atoms with Crippen molar-refractivity contribution in [3.8, 4) is 5.75 Å². The van der Waals surface area contributed by atoms with Gasteiger partial charge in [0.15, 0.2) is 0 Å².